The van der Waals surface area contributed by atoms with Gasteiger partial charge >= 0.3 is 0 Å². The zero-order valence-electron chi connectivity index (χ0n) is 11.2. The van der Waals surface area contributed by atoms with Gasteiger partial charge in [-0.25, -0.2) is 4.98 Å². The second-order valence-electron chi connectivity index (χ2n) is 5.53. The van der Waals surface area contributed by atoms with E-state index in [-0.39, 0.29) is 5.41 Å². The molecule has 1 aromatic carbocycles. The van der Waals surface area contributed by atoms with E-state index >= 15 is 0 Å². The van der Waals surface area contributed by atoms with Gasteiger partial charge in [-0.1, -0.05) is 43.5 Å². The third kappa shape index (κ3) is 2.19. The van der Waals surface area contributed by atoms with Crippen molar-refractivity contribution in [2.45, 2.75) is 37.5 Å². The van der Waals surface area contributed by atoms with E-state index in [0.717, 1.165) is 12.4 Å². The Morgan fingerprint density at radius 2 is 1.95 bits per heavy atom. The SMILES string of the molecule is NCC1(c2ccccc2-c2ncc[nH]2)CCCCC1. The molecule has 0 amide bonds. The summed E-state index contributed by atoms with van der Waals surface area (Å²) in [5, 5.41) is 0. The Morgan fingerprint density at radius 1 is 1.16 bits per heavy atom. The van der Waals surface area contributed by atoms with Gasteiger partial charge in [0.1, 0.15) is 5.82 Å². The molecular formula is C16H21N3. The van der Waals surface area contributed by atoms with Crippen LogP contribution in [0.3, 0.4) is 0 Å². The largest absolute Gasteiger partial charge is 0.345 e. The Morgan fingerprint density at radius 3 is 2.63 bits per heavy atom. The molecule has 0 bridgehead atoms. The number of H-pyrrole nitrogens is 1. The van der Waals surface area contributed by atoms with Crippen molar-refractivity contribution in [3.05, 3.63) is 42.2 Å². The molecule has 0 atom stereocenters. The molecule has 2 aromatic rings. The standard InChI is InChI=1S/C16H21N3/c17-12-16(8-4-1-5-9-16)14-7-3-2-6-13(14)15-18-10-11-19-15/h2-3,6-7,10-11H,1,4-5,8-9,12,17H2,(H,18,19). The molecule has 3 nitrogen and oxygen atoms in total. The molecule has 1 aromatic heterocycles. The van der Waals surface area contributed by atoms with E-state index in [2.05, 4.69) is 34.2 Å². The number of benzene rings is 1. The molecule has 19 heavy (non-hydrogen) atoms. The highest BCUT2D eigenvalue weighted by atomic mass is 14.9. The van der Waals surface area contributed by atoms with Crippen molar-refractivity contribution in [2.75, 3.05) is 6.54 Å². The number of nitrogens with zero attached hydrogens (tertiary/aromatic N) is 1. The second-order valence-corrected chi connectivity index (χ2v) is 5.53. The number of rotatable bonds is 3. The lowest BCUT2D eigenvalue weighted by Gasteiger charge is -2.38. The molecule has 3 heteroatoms. The molecule has 100 valence electrons. The molecule has 0 saturated heterocycles. The van der Waals surface area contributed by atoms with Gasteiger partial charge in [-0.3, -0.25) is 0 Å². The van der Waals surface area contributed by atoms with Crippen LogP contribution < -0.4 is 5.73 Å². The lowest BCUT2D eigenvalue weighted by atomic mass is 9.68. The average molecular weight is 255 g/mol. The van der Waals surface area contributed by atoms with E-state index in [4.69, 9.17) is 5.73 Å². The quantitative estimate of drug-likeness (QED) is 0.884. The predicted molar refractivity (Wildman–Crippen MR) is 77.8 cm³/mol. The number of hydrogen-bond acceptors (Lipinski definition) is 2. The molecular weight excluding hydrogens is 234 g/mol. The third-order valence-electron chi connectivity index (χ3n) is 4.45. The van der Waals surface area contributed by atoms with E-state index in [0.29, 0.717) is 0 Å². The van der Waals surface area contributed by atoms with E-state index in [1.54, 1.807) is 0 Å². The van der Waals surface area contributed by atoms with Crippen LogP contribution in [0.4, 0.5) is 0 Å². The van der Waals surface area contributed by atoms with E-state index in [1.165, 1.54) is 43.2 Å². The molecule has 3 rings (SSSR count). The number of nitrogens with two attached hydrogens (primary N) is 1. The van der Waals surface area contributed by atoms with Crippen molar-refractivity contribution in [3.63, 3.8) is 0 Å². The van der Waals surface area contributed by atoms with Crippen LogP contribution in [-0.4, -0.2) is 16.5 Å². The Kier molecular flexibility index (Phi) is 3.38. The minimum atomic E-state index is 0.141. The van der Waals surface area contributed by atoms with Crippen molar-refractivity contribution >= 4 is 0 Å². The summed E-state index contributed by atoms with van der Waals surface area (Å²) >= 11 is 0. The Labute approximate surface area is 114 Å². The number of hydrogen-bond donors (Lipinski definition) is 2. The summed E-state index contributed by atoms with van der Waals surface area (Å²) in [6, 6.07) is 8.58. The summed E-state index contributed by atoms with van der Waals surface area (Å²) in [5.74, 6) is 0.953. The smallest absolute Gasteiger partial charge is 0.137 e. The van der Waals surface area contributed by atoms with Gasteiger partial charge in [0, 0.05) is 29.9 Å². The van der Waals surface area contributed by atoms with Crippen molar-refractivity contribution in [3.8, 4) is 11.4 Å². The zero-order valence-corrected chi connectivity index (χ0v) is 11.2. The molecule has 1 heterocycles. The number of imidazole rings is 1. The average Bonchev–Trinajstić information content (AvgIpc) is 3.02. The summed E-state index contributed by atoms with van der Waals surface area (Å²) in [7, 11) is 0. The molecule has 0 unspecified atom stereocenters. The molecule has 1 fully saturated rings. The summed E-state index contributed by atoms with van der Waals surface area (Å²) < 4.78 is 0. The van der Waals surface area contributed by atoms with Crippen molar-refractivity contribution < 1.29 is 0 Å². The van der Waals surface area contributed by atoms with Crippen LogP contribution in [0, 0.1) is 0 Å². The van der Waals surface area contributed by atoms with Gasteiger partial charge in [-0.2, -0.15) is 0 Å². The number of aromatic amines is 1. The summed E-state index contributed by atoms with van der Waals surface area (Å²) in [6.07, 6.45) is 9.98. The molecule has 0 radical (unpaired) electrons. The van der Waals surface area contributed by atoms with Gasteiger partial charge in [0.25, 0.3) is 0 Å². The Balaban J connectivity index is 2.09. The third-order valence-corrected chi connectivity index (χ3v) is 4.45. The maximum Gasteiger partial charge on any atom is 0.137 e. The van der Waals surface area contributed by atoms with Crippen LogP contribution in [0.1, 0.15) is 37.7 Å². The first-order chi connectivity index (χ1) is 9.36. The number of aromatic nitrogens is 2. The first-order valence-corrected chi connectivity index (χ1v) is 7.15. The van der Waals surface area contributed by atoms with Crippen LogP contribution in [0.5, 0.6) is 0 Å². The fraction of sp³-hybridized carbons (Fsp3) is 0.438. The van der Waals surface area contributed by atoms with Gasteiger partial charge < -0.3 is 10.7 Å². The van der Waals surface area contributed by atoms with Gasteiger partial charge in [0.05, 0.1) is 0 Å². The van der Waals surface area contributed by atoms with Crippen molar-refractivity contribution in [2.24, 2.45) is 5.73 Å². The molecule has 0 spiro atoms. The van der Waals surface area contributed by atoms with Gasteiger partial charge in [0.2, 0.25) is 0 Å². The second kappa shape index (κ2) is 5.17. The van der Waals surface area contributed by atoms with Gasteiger partial charge in [0.15, 0.2) is 0 Å². The molecule has 0 aliphatic heterocycles. The fourth-order valence-electron chi connectivity index (χ4n) is 3.38. The predicted octanol–water partition coefficient (Wildman–Crippen LogP) is 3.24. The zero-order chi connectivity index (χ0) is 13.1. The monoisotopic (exact) mass is 255 g/mol. The summed E-state index contributed by atoms with van der Waals surface area (Å²) in [4.78, 5) is 7.63. The molecule has 1 aliphatic carbocycles. The lowest BCUT2D eigenvalue weighted by molar-refractivity contribution is 0.301. The van der Waals surface area contributed by atoms with E-state index in [1.807, 2.05) is 12.4 Å². The first-order valence-electron chi connectivity index (χ1n) is 7.15. The summed E-state index contributed by atoms with van der Waals surface area (Å²) in [5.41, 5.74) is 8.88. The van der Waals surface area contributed by atoms with Gasteiger partial charge in [-0.15, -0.1) is 0 Å². The fourth-order valence-corrected chi connectivity index (χ4v) is 3.38. The Bertz CT molecular complexity index is 525. The van der Waals surface area contributed by atoms with E-state index in [9.17, 15) is 0 Å². The van der Waals surface area contributed by atoms with Crippen LogP contribution in [0.2, 0.25) is 0 Å². The maximum absolute atomic E-state index is 6.16. The normalized spacial score (nSPS) is 18.4. The molecule has 1 aliphatic rings. The topological polar surface area (TPSA) is 54.7 Å². The van der Waals surface area contributed by atoms with Crippen molar-refractivity contribution in [1.29, 1.82) is 0 Å². The van der Waals surface area contributed by atoms with Crippen LogP contribution >= 0.6 is 0 Å². The molecule has 1 saturated carbocycles. The lowest BCUT2D eigenvalue weighted by Crippen LogP contribution is -2.37. The Hall–Kier alpha value is -1.61. The number of nitrogens with one attached hydrogen (secondary N) is 1. The minimum absolute atomic E-state index is 0.141. The summed E-state index contributed by atoms with van der Waals surface area (Å²) in [6.45, 7) is 0.727. The van der Waals surface area contributed by atoms with Crippen LogP contribution in [-0.2, 0) is 5.41 Å². The van der Waals surface area contributed by atoms with Crippen LogP contribution in [0.15, 0.2) is 36.7 Å². The van der Waals surface area contributed by atoms with Gasteiger partial charge in [-0.05, 0) is 18.4 Å². The minimum Gasteiger partial charge on any atom is -0.345 e. The molecule has 3 N–H and O–H groups in total. The maximum atomic E-state index is 6.16. The van der Waals surface area contributed by atoms with Crippen LogP contribution in [0.25, 0.3) is 11.4 Å². The highest BCUT2D eigenvalue weighted by Gasteiger charge is 2.34. The highest BCUT2D eigenvalue weighted by molar-refractivity contribution is 5.62. The van der Waals surface area contributed by atoms with Crippen molar-refractivity contribution in [1.82, 2.24) is 9.97 Å². The first kappa shape index (κ1) is 12.4. The highest BCUT2D eigenvalue weighted by Crippen LogP contribution is 2.42. The van der Waals surface area contributed by atoms with E-state index < -0.39 is 0 Å².